The Hall–Kier alpha value is -1.99. The van der Waals surface area contributed by atoms with Gasteiger partial charge in [-0.15, -0.1) is 12.4 Å². The topological polar surface area (TPSA) is 69.8 Å². The van der Waals surface area contributed by atoms with Crippen molar-refractivity contribution in [3.8, 4) is 0 Å². The third-order valence-corrected chi connectivity index (χ3v) is 3.80. The van der Waals surface area contributed by atoms with Crippen LogP contribution in [0.3, 0.4) is 0 Å². The fourth-order valence-corrected chi connectivity index (χ4v) is 2.61. The summed E-state index contributed by atoms with van der Waals surface area (Å²) in [6.45, 7) is 3.06. The van der Waals surface area contributed by atoms with E-state index >= 15 is 0 Å². The summed E-state index contributed by atoms with van der Waals surface area (Å²) < 4.78 is 26.7. The van der Waals surface area contributed by atoms with Crippen LogP contribution in [0.1, 0.15) is 40.3 Å². The van der Waals surface area contributed by atoms with Gasteiger partial charge in [-0.2, -0.15) is 5.10 Å². The van der Waals surface area contributed by atoms with Crippen LogP contribution in [-0.4, -0.2) is 22.6 Å². The molecule has 1 amide bonds. The van der Waals surface area contributed by atoms with Gasteiger partial charge in [-0.3, -0.25) is 9.89 Å². The average molecular weight is 343 g/mol. The molecule has 3 rings (SSSR count). The number of hydrogen-bond donors (Lipinski definition) is 3. The summed E-state index contributed by atoms with van der Waals surface area (Å²) >= 11 is 0. The maximum absolute atomic E-state index is 13.7. The monoisotopic (exact) mass is 342 g/mol. The van der Waals surface area contributed by atoms with E-state index in [9.17, 15) is 13.6 Å². The first kappa shape index (κ1) is 17.4. The van der Waals surface area contributed by atoms with Crippen LogP contribution in [0.5, 0.6) is 0 Å². The van der Waals surface area contributed by atoms with E-state index in [1.54, 1.807) is 6.92 Å². The van der Waals surface area contributed by atoms with Crippen molar-refractivity contribution in [2.75, 3.05) is 6.54 Å². The van der Waals surface area contributed by atoms with Gasteiger partial charge in [0.1, 0.15) is 11.6 Å². The number of aromatic nitrogens is 2. The molecule has 23 heavy (non-hydrogen) atoms. The lowest BCUT2D eigenvalue weighted by atomic mass is 10.1. The third kappa shape index (κ3) is 3.51. The molecule has 0 spiro atoms. The lowest BCUT2D eigenvalue weighted by Gasteiger charge is -2.16. The van der Waals surface area contributed by atoms with E-state index in [2.05, 4.69) is 20.8 Å². The van der Waals surface area contributed by atoms with Crippen LogP contribution in [0.4, 0.5) is 8.78 Å². The lowest BCUT2D eigenvalue weighted by molar-refractivity contribution is 0.0933. The van der Waals surface area contributed by atoms with Crippen molar-refractivity contribution in [2.45, 2.75) is 25.9 Å². The van der Waals surface area contributed by atoms with Crippen molar-refractivity contribution in [3.63, 3.8) is 0 Å². The van der Waals surface area contributed by atoms with Gasteiger partial charge in [0.2, 0.25) is 0 Å². The fraction of sp³-hybridized carbons (Fsp3) is 0.333. The van der Waals surface area contributed by atoms with Crippen LogP contribution in [0.25, 0.3) is 0 Å². The zero-order chi connectivity index (χ0) is 15.7. The molecule has 8 heteroatoms. The second-order valence-electron chi connectivity index (χ2n) is 5.32. The van der Waals surface area contributed by atoms with Gasteiger partial charge in [0, 0.05) is 42.4 Å². The molecule has 0 radical (unpaired) electrons. The summed E-state index contributed by atoms with van der Waals surface area (Å²) in [4.78, 5) is 12.3. The van der Waals surface area contributed by atoms with Crippen LogP contribution < -0.4 is 10.6 Å². The number of nitrogens with zero attached hydrogens (tertiary/aromatic N) is 1. The predicted octanol–water partition coefficient (Wildman–Crippen LogP) is 2.25. The van der Waals surface area contributed by atoms with E-state index in [1.807, 2.05) is 0 Å². The molecule has 1 unspecified atom stereocenters. The van der Waals surface area contributed by atoms with Gasteiger partial charge in [-0.05, 0) is 13.0 Å². The van der Waals surface area contributed by atoms with Gasteiger partial charge >= 0.3 is 0 Å². The number of hydrogen-bond acceptors (Lipinski definition) is 3. The molecule has 0 saturated heterocycles. The van der Waals surface area contributed by atoms with E-state index in [4.69, 9.17) is 0 Å². The van der Waals surface area contributed by atoms with Gasteiger partial charge in [-0.25, -0.2) is 8.78 Å². The Kier molecular flexibility index (Phi) is 5.33. The summed E-state index contributed by atoms with van der Waals surface area (Å²) in [6, 6.07) is 2.72. The Morgan fingerprint density at radius 1 is 1.39 bits per heavy atom. The number of rotatable bonds is 3. The number of amides is 1. The Bertz CT molecular complexity index is 719. The van der Waals surface area contributed by atoms with Crippen molar-refractivity contribution >= 4 is 18.3 Å². The minimum Gasteiger partial charge on any atom is -0.344 e. The zero-order valence-electron chi connectivity index (χ0n) is 12.5. The molecule has 3 N–H and O–H groups in total. The van der Waals surface area contributed by atoms with Gasteiger partial charge < -0.3 is 10.6 Å². The molecule has 1 aliphatic rings. The molecule has 0 bridgehead atoms. The first-order valence-corrected chi connectivity index (χ1v) is 7.09. The van der Waals surface area contributed by atoms with Crippen molar-refractivity contribution in [3.05, 3.63) is 52.3 Å². The number of aromatic amines is 1. The van der Waals surface area contributed by atoms with Crippen molar-refractivity contribution in [1.29, 1.82) is 0 Å². The molecule has 5 nitrogen and oxygen atoms in total. The van der Waals surface area contributed by atoms with E-state index in [0.29, 0.717) is 12.2 Å². The average Bonchev–Trinajstić information content (AvgIpc) is 2.91. The van der Waals surface area contributed by atoms with Gasteiger partial charge in [-0.1, -0.05) is 6.07 Å². The SMILES string of the molecule is CC(NC(=O)c1n[nH]c2c1CNCC2)c1ccc(F)cc1F.Cl. The summed E-state index contributed by atoms with van der Waals surface area (Å²) in [5.74, 6) is -1.71. The molecular formula is C15H17ClF2N4O. The number of carbonyl (C=O) groups excluding carboxylic acids is 1. The maximum Gasteiger partial charge on any atom is 0.272 e. The number of nitrogens with one attached hydrogen (secondary N) is 3. The Labute approximate surface area is 138 Å². The van der Waals surface area contributed by atoms with E-state index in [1.165, 1.54) is 12.1 Å². The maximum atomic E-state index is 13.7. The highest BCUT2D eigenvalue weighted by atomic mass is 35.5. The van der Waals surface area contributed by atoms with Crippen molar-refractivity contribution < 1.29 is 13.6 Å². The highest BCUT2D eigenvalue weighted by molar-refractivity contribution is 5.94. The smallest absolute Gasteiger partial charge is 0.272 e. The first-order chi connectivity index (χ1) is 10.6. The molecule has 0 fully saturated rings. The Morgan fingerprint density at radius 3 is 2.91 bits per heavy atom. The van der Waals surface area contributed by atoms with Crippen LogP contribution in [0.15, 0.2) is 18.2 Å². The molecule has 1 aliphatic heterocycles. The number of fused-ring (bicyclic) bond motifs is 1. The van der Waals surface area contributed by atoms with Gasteiger partial charge in [0.05, 0.1) is 6.04 Å². The Balaban J connectivity index is 0.00000192. The minimum absolute atomic E-state index is 0. The summed E-state index contributed by atoms with van der Waals surface area (Å²) in [5, 5.41) is 12.8. The van der Waals surface area contributed by atoms with Crippen molar-refractivity contribution in [2.24, 2.45) is 0 Å². The molecule has 1 atom stereocenters. The highest BCUT2D eigenvalue weighted by Gasteiger charge is 2.23. The minimum atomic E-state index is -0.682. The molecule has 124 valence electrons. The summed E-state index contributed by atoms with van der Waals surface area (Å²) in [7, 11) is 0. The van der Waals surface area contributed by atoms with Gasteiger partial charge in [0.15, 0.2) is 5.69 Å². The first-order valence-electron chi connectivity index (χ1n) is 7.09. The molecule has 2 aromatic rings. The van der Waals surface area contributed by atoms with Crippen LogP contribution in [0.2, 0.25) is 0 Å². The van der Waals surface area contributed by atoms with Crippen LogP contribution in [0, 0.1) is 11.6 Å². The van der Waals surface area contributed by atoms with Crippen LogP contribution >= 0.6 is 12.4 Å². The summed E-state index contributed by atoms with van der Waals surface area (Å²) in [6.07, 6.45) is 0.789. The van der Waals surface area contributed by atoms with Crippen molar-refractivity contribution in [1.82, 2.24) is 20.8 Å². The highest BCUT2D eigenvalue weighted by Crippen LogP contribution is 2.20. The molecule has 2 heterocycles. The lowest BCUT2D eigenvalue weighted by Crippen LogP contribution is -2.30. The third-order valence-electron chi connectivity index (χ3n) is 3.80. The van der Waals surface area contributed by atoms with Crippen LogP contribution in [-0.2, 0) is 13.0 Å². The number of H-pyrrole nitrogens is 1. The molecule has 1 aromatic heterocycles. The Morgan fingerprint density at radius 2 is 2.17 bits per heavy atom. The van der Waals surface area contributed by atoms with E-state index in [-0.39, 0.29) is 23.9 Å². The quantitative estimate of drug-likeness (QED) is 0.801. The second-order valence-corrected chi connectivity index (χ2v) is 5.32. The summed E-state index contributed by atoms with van der Waals surface area (Å²) in [5.41, 5.74) is 2.34. The number of carbonyl (C=O) groups is 1. The van der Waals surface area contributed by atoms with E-state index < -0.39 is 17.7 Å². The molecular weight excluding hydrogens is 326 g/mol. The fourth-order valence-electron chi connectivity index (χ4n) is 2.61. The standard InChI is InChI=1S/C15H16F2N4O.ClH/c1-8(10-3-2-9(16)6-12(10)17)19-15(22)14-11-7-18-5-4-13(11)20-21-14;/h2-3,6,8,18H,4-5,7H2,1H3,(H,19,22)(H,20,21);1H. The molecule has 1 aromatic carbocycles. The zero-order valence-corrected chi connectivity index (χ0v) is 13.3. The number of benzene rings is 1. The molecule has 0 aliphatic carbocycles. The molecule has 0 saturated carbocycles. The second kappa shape index (κ2) is 7.06. The van der Waals surface area contributed by atoms with Gasteiger partial charge in [0.25, 0.3) is 5.91 Å². The normalized spacial score (nSPS) is 14.6. The predicted molar refractivity (Wildman–Crippen MR) is 83.5 cm³/mol. The largest absolute Gasteiger partial charge is 0.344 e. The van der Waals surface area contributed by atoms with E-state index in [0.717, 1.165) is 30.3 Å². The number of halogens is 3.